The van der Waals surface area contributed by atoms with Crippen molar-refractivity contribution in [2.45, 2.75) is 32.0 Å². The van der Waals surface area contributed by atoms with E-state index in [1.807, 2.05) is 6.92 Å². The summed E-state index contributed by atoms with van der Waals surface area (Å²) in [5.74, 6) is -0.0281. The van der Waals surface area contributed by atoms with E-state index < -0.39 is 18.1 Å². The molecule has 18 heavy (non-hydrogen) atoms. The van der Waals surface area contributed by atoms with E-state index in [4.69, 9.17) is 10.5 Å². The van der Waals surface area contributed by atoms with Gasteiger partial charge in [-0.25, -0.2) is 0 Å². The van der Waals surface area contributed by atoms with Crippen molar-refractivity contribution in [1.82, 2.24) is 0 Å². The fraction of sp³-hybridized carbons (Fsp3) is 0.462. The van der Waals surface area contributed by atoms with Crippen LogP contribution in [0.4, 0.5) is 0 Å². The van der Waals surface area contributed by atoms with E-state index >= 15 is 0 Å². The molecule has 0 heterocycles. The molecule has 0 aliphatic rings. The van der Waals surface area contributed by atoms with Crippen LogP contribution in [0.3, 0.4) is 0 Å². The Bertz CT molecular complexity index is 394. The van der Waals surface area contributed by atoms with Gasteiger partial charge in [-0.3, -0.25) is 4.79 Å². The lowest BCUT2D eigenvalue weighted by Gasteiger charge is -2.17. The van der Waals surface area contributed by atoms with Gasteiger partial charge in [-0.15, -0.1) is 0 Å². The Morgan fingerprint density at radius 2 is 2.17 bits per heavy atom. The molecule has 0 aliphatic heterocycles. The molecule has 0 radical (unpaired) electrons. The summed E-state index contributed by atoms with van der Waals surface area (Å²) in [5, 5.41) is 19.5. The van der Waals surface area contributed by atoms with Crippen LogP contribution in [0.25, 0.3) is 0 Å². The molecule has 0 fully saturated rings. The second-order valence-corrected chi connectivity index (χ2v) is 4.10. The molecule has 0 saturated heterocycles. The molecule has 0 aliphatic carbocycles. The van der Waals surface area contributed by atoms with E-state index in [0.29, 0.717) is 17.9 Å². The second-order valence-electron chi connectivity index (χ2n) is 4.10. The number of primary amides is 1. The highest BCUT2D eigenvalue weighted by atomic mass is 16.5. The lowest BCUT2D eigenvalue weighted by Crippen LogP contribution is -2.25. The predicted octanol–water partition coefficient (Wildman–Crippen LogP) is 0.745. The first-order valence-corrected chi connectivity index (χ1v) is 5.91. The van der Waals surface area contributed by atoms with Crippen LogP contribution in [-0.2, 0) is 4.79 Å². The first kappa shape index (κ1) is 14.5. The molecule has 0 bridgehead atoms. The molecule has 4 N–H and O–H groups in total. The maximum absolute atomic E-state index is 10.7. The number of carbonyl (C=O) groups excluding carboxylic acids is 1. The van der Waals surface area contributed by atoms with Crippen LogP contribution in [-0.4, -0.2) is 28.8 Å². The van der Waals surface area contributed by atoms with Gasteiger partial charge in [0.25, 0.3) is 0 Å². The summed E-state index contributed by atoms with van der Waals surface area (Å²) in [5.41, 5.74) is 5.47. The molecule has 0 saturated carbocycles. The van der Waals surface area contributed by atoms with Crippen LogP contribution in [0.2, 0.25) is 0 Å². The number of rotatable bonds is 7. The van der Waals surface area contributed by atoms with Gasteiger partial charge < -0.3 is 20.7 Å². The van der Waals surface area contributed by atoms with Crippen LogP contribution < -0.4 is 10.5 Å². The number of aliphatic hydroxyl groups excluding tert-OH is 2. The van der Waals surface area contributed by atoms with Crippen LogP contribution >= 0.6 is 0 Å². The fourth-order valence-corrected chi connectivity index (χ4v) is 1.55. The number of hydrogen-bond acceptors (Lipinski definition) is 4. The molecule has 1 amide bonds. The van der Waals surface area contributed by atoms with Gasteiger partial charge in [0, 0.05) is 0 Å². The molecular weight excluding hydrogens is 234 g/mol. The van der Waals surface area contributed by atoms with E-state index in [1.165, 1.54) is 0 Å². The molecule has 2 atom stereocenters. The van der Waals surface area contributed by atoms with Crippen LogP contribution in [0.15, 0.2) is 24.3 Å². The van der Waals surface area contributed by atoms with Gasteiger partial charge in [0.15, 0.2) is 0 Å². The van der Waals surface area contributed by atoms with Crippen molar-refractivity contribution in [3.8, 4) is 5.75 Å². The molecule has 1 aromatic carbocycles. The van der Waals surface area contributed by atoms with E-state index in [0.717, 1.165) is 6.42 Å². The van der Waals surface area contributed by atoms with Crippen LogP contribution in [0.1, 0.15) is 31.4 Å². The van der Waals surface area contributed by atoms with Gasteiger partial charge in [-0.2, -0.15) is 0 Å². The van der Waals surface area contributed by atoms with Gasteiger partial charge in [0.2, 0.25) is 5.91 Å². The summed E-state index contributed by atoms with van der Waals surface area (Å²) in [4.78, 5) is 10.7. The number of carbonyl (C=O) groups is 1. The Labute approximate surface area is 106 Å². The van der Waals surface area contributed by atoms with Crippen molar-refractivity contribution in [3.63, 3.8) is 0 Å². The minimum atomic E-state index is -1.20. The average Bonchev–Trinajstić information content (AvgIpc) is 2.35. The van der Waals surface area contributed by atoms with Gasteiger partial charge >= 0.3 is 0 Å². The second kappa shape index (κ2) is 6.98. The van der Waals surface area contributed by atoms with Crippen LogP contribution in [0.5, 0.6) is 5.75 Å². The summed E-state index contributed by atoms with van der Waals surface area (Å²) in [6.07, 6.45) is -1.75. The Morgan fingerprint density at radius 3 is 2.78 bits per heavy atom. The highest BCUT2D eigenvalue weighted by Crippen LogP contribution is 2.23. The number of benzene rings is 1. The Morgan fingerprint density at radius 1 is 1.44 bits per heavy atom. The predicted molar refractivity (Wildman–Crippen MR) is 67.0 cm³/mol. The maximum atomic E-state index is 10.7. The van der Waals surface area contributed by atoms with Crippen molar-refractivity contribution >= 4 is 5.91 Å². The molecule has 0 spiro atoms. The summed E-state index contributed by atoms with van der Waals surface area (Å²) >= 11 is 0. The average molecular weight is 253 g/mol. The molecule has 5 heteroatoms. The third kappa shape index (κ3) is 4.35. The monoisotopic (exact) mass is 253 g/mol. The van der Waals surface area contributed by atoms with Gasteiger partial charge in [-0.1, -0.05) is 19.1 Å². The molecule has 1 aromatic rings. The van der Waals surface area contributed by atoms with Gasteiger partial charge in [0.05, 0.1) is 19.1 Å². The first-order valence-electron chi connectivity index (χ1n) is 5.91. The Hall–Kier alpha value is -1.59. The van der Waals surface area contributed by atoms with Gasteiger partial charge in [-0.05, 0) is 24.1 Å². The minimum absolute atomic E-state index is 0.277. The van der Waals surface area contributed by atoms with Crippen molar-refractivity contribution < 1.29 is 19.7 Å². The van der Waals surface area contributed by atoms with E-state index in [2.05, 4.69) is 0 Å². The van der Waals surface area contributed by atoms with E-state index in [9.17, 15) is 15.0 Å². The zero-order valence-corrected chi connectivity index (χ0v) is 10.4. The highest BCUT2D eigenvalue weighted by Gasteiger charge is 2.20. The number of nitrogens with two attached hydrogens (primary N) is 1. The smallest absolute Gasteiger partial charge is 0.220 e. The largest absolute Gasteiger partial charge is 0.494 e. The zero-order valence-electron chi connectivity index (χ0n) is 10.4. The topological polar surface area (TPSA) is 92.8 Å². The SMILES string of the molecule is CCCOc1cccc(C(O)C(O)CC(N)=O)c1. The summed E-state index contributed by atoms with van der Waals surface area (Å²) in [7, 11) is 0. The molecule has 1 rings (SSSR count). The number of amides is 1. The standard InChI is InChI=1S/C13H19NO4/c1-2-6-18-10-5-3-4-9(7-10)13(17)11(15)8-12(14)16/h3-5,7,11,13,15,17H,2,6,8H2,1H3,(H2,14,16). The van der Waals surface area contributed by atoms with Crippen molar-refractivity contribution in [1.29, 1.82) is 0 Å². The van der Waals surface area contributed by atoms with Crippen molar-refractivity contribution in [2.24, 2.45) is 5.73 Å². The highest BCUT2D eigenvalue weighted by molar-refractivity contribution is 5.74. The summed E-state index contributed by atoms with van der Waals surface area (Å²) < 4.78 is 5.42. The molecule has 0 aromatic heterocycles. The quantitative estimate of drug-likeness (QED) is 0.668. The maximum Gasteiger partial charge on any atom is 0.220 e. The normalized spacial score (nSPS) is 13.9. The molecule has 100 valence electrons. The number of hydrogen-bond donors (Lipinski definition) is 3. The Balaban J connectivity index is 2.72. The van der Waals surface area contributed by atoms with Crippen LogP contribution in [0, 0.1) is 0 Å². The third-order valence-electron chi connectivity index (χ3n) is 2.45. The van der Waals surface area contributed by atoms with E-state index in [1.54, 1.807) is 24.3 Å². The zero-order chi connectivity index (χ0) is 13.5. The first-order chi connectivity index (χ1) is 8.54. The lowest BCUT2D eigenvalue weighted by atomic mass is 10.0. The van der Waals surface area contributed by atoms with Crippen molar-refractivity contribution in [3.05, 3.63) is 29.8 Å². The molecule has 5 nitrogen and oxygen atoms in total. The minimum Gasteiger partial charge on any atom is -0.494 e. The lowest BCUT2D eigenvalue weighted by molar-refractivity contribution is -0.121. The van der Waals surface area contributed by atoms with Crippen molar-refractivity contribution in [2.75, 3.05) is 6.61 Å². The van der Waals surface area contributed by atoms with Gasteiger partial charge in [0.1, 0.15) is 11.9 Å². The summed E-state index contributed by atoms with van der Waals surface area (Å²) in [6.45, 7) is 2.58. The number of aliphatic hydroxyl groups is 2. The Kier molecular flexibility index (Phi) is 5.61. The molecule has 2 unspecified atom stereocenters. The number of ether oxygens (including phenoxy) is 1. The van der Waals surface area contributed by atoms with E-state index in [-0.39, 0.29) is 6.42 Å². The fourth-order valence-electron chi connectivity index (χ4n) is 1.55. The molecular formula is C13H19NO4. The summed E-state index contributed by atoms with van der Waals surface area (Å²) in [6, 6.07) is 6.80. The third-order valence-corrected chi connectivity index (χ3v) is 2.45.